The standard InChI is InChI=1S/C13H21N3O4/c1-8(13(14)20)3-6-12(19)16(2)9-4-5-11(18)15-7-10(9)17/h8-9H,3-7H2,1-2H3,(H2,14,20)(H,15,18)/t8-,9-/m0/s1. The van der Waals surface area contributed by atoms with Crippen molar-refractivity contribution in [2.45, 2.75) is 38.6 Å². The van der Waals surface area contributed by atoms with E-state index in [1.807, 2.05) is 0 Å². The van der Waals surface area contributed by atoms with Gasteiger partial charge in [0.25, 0.3) is 0 Å². The SMILES string of the molecule is C[C@@H](CCC(=O)N(C)[C@H]1CCC(=O)NCC1=O)C(N)=O. The molecule has 1 heterocycles. The van der Waals surface area contributed by atoms with Crippen molar-refractivity contribution >= 4 is 23.5 Å². The Kier molecular flexibility index (Phi) is 5.66. The average Bonchev–Trinajstić information content (AvgIpc) is 2.57. The van der Waals surface area contributed by atoms with Crippen LogP contribution < -0.4 is 11.1 Å². The molecule has 0 saturated carbocycles. The van der Waals surface area contributed by atoms with Crippen LogP contribution in [0.4, 0.5) is 0 Å². The summed E-state index contributed by atoms with van der Waals surface area (Å²) in [7, 11) is 1.55. The van der Waals surface area contributed by atoms with Crippen molar-refractivity contribution in [1.29, 1.82) is 0 Å². The monoisotopic (exact) mass is 283 g/mol. The summed E-state index contributed by atoms with van der Waals surface area (Å²) in [5.41, 5.74) is 5.14. The number of rotatable bonds is 5. The maximum absolute atomic E-state index is 12.0. The molecular formula is C13H21N3O4. The van der Waals surface area contributed by atoms with Crippen LogP contribution in [0.1, 0.15) is 32.6 Å². The number of carbonyl (C=O) groups is 4. The predicted molar refractivity (Wildman–Crippen MR) is 71.4 cm³/mol. The quantitative estimate of drug-likeness (QED) is 0.688. The third kappa shape index (κ3) is 4.32. The number of nitrogens with zero attached hydrogens (tertiary/aromatic N) is 1. The highest BCUT2D eigenvalue weighted by atomic mass is 16.2. The number of hydrogen-bond acceptors (Lipinski definition) is 4. The first-order valence-corrected chi connectivity index (χ1v) is 6.67. The molecule has 0 radical (unpaired) electrons. The first-order valence-electron chi connectivity index (χ1n) is 6.67. The van der Waals surface area contributed by atoms with E-state index in [0.717, 1.165) is 0 Å². The predicted octanol–water partition coefficient (Wildman–Crippen LogP) is -0.806. The van der Waals surface area contributed by atoms with Gasteiger partial charge in [0.1, 0.15) is 0 Å². The zero-order valence-electron chi connectivity index (χ0n) is 11.8. The summed E-state index contributed by atoms with van der Waals surface area (Å²) in [6, 6.07) is -0.578. The molecule has 112 valence electrons. The molecule has 0 aliphatic carbocycles. The van der Waals surface area contributed by atoms with Gasteiger partial charge >= 0.3 is 0 Å². The lowest BCUT2D eigenvalue weighted by atomic mass is 10.0. The number of Topliss-reactive ketones (excluding diaryl/α,β-unsaturated/α-hetero) is 1. The second kappa shape index (κ2) is 7.02. The molecule has 3 N–H and O–H groups in total. The summed E-state index contributed by atoms with van der Waals surface area (Å²) in [5.74, 6) is -1.38. The number of hydrogen-bond donors (Lipinski definition) is 2. The third-order valence-corrected chi connectivity index (χ3v) is 3.61. The molecule has 0 aromatic carbocycles. The highest BCUT2D eigenvalue weighted by Gasteiger charge is 2.29. The smallest absolute Gasteiger partial charge is 0.222 e. The maximum atomic E-state index is 12.0. The van der Waals surface area contributed by atoms with Gasteiger partial charge in [-0.15, -0.1) is 0 Å². The summed E-state index contributed by atoms with van der Waals surface area (Å²) in [4.78, 5) is 47.4. The van der Waals surface area contributed by atoms with Gasteiger partial charge in [0.2, 0.25) is 17.7 Å². The fraction of sp³-hybridized carbons (Fsp3) is 0.692. The van der Waals surface area contributed by atoms with E-state index in [9.17, 15) is 19.2 Å². The van der Waals surface area contributed by atoms with Gasteiger partial charge in [-0.2, -0.15) is 0 Å². The molecule has 2 atom stereocenters. The summed E-state index contributed by atoms with van der Waals surface area (Å²) in [6.45, 7) is 1.62. The zero-order chi connectivity index (χ0) is 15.3. The number of ketones is 1. The summed E-state index contributed by atoms with van der Waals surface area (Å²) in [5, 5.41) is 2.50. The summed E-state index contributed by atoms with van der Waals surface area (Å²) >= 11 is 0. The van der Waals surface area contributed by atoms with Crippen LogP contribution in [0.3, 0.4) is 0 Å². The average molecular weight is 283 g/mol. The number of nitrogens with one attached hydrogen (secondary N) is 1. The minimum atomic E-state index is -0.578. The van der Waals surface area contributed by atoms with Gasteiger partial charge < -0.3 is 16.0 Å². The van der Waals surface area contributed by atoms with Crippen LogP contribution in [0.15, 0.2) is 0 Å². The molecule has 3 amide bonds. The van der Waals surface area contributed by atoms with Crippen molar-refractivity contribution < 1.29 is 19.2 Å². The number of primary amides is 1. The van der Waals surface area contributed by atoms with Gasteiger partial charge in [0.05, 0.1) is 12.6 Å². The van der Waals surface area contributed by atoms with Crippen molar-refractivity contribution in [2.75, 3.05) is 13.6 Å². The Morgan fingerprint density at radius 2 is 2.10 bits per heavy atom. The topological polar surface area (TPSA) is 110 Å². The second-order valence-electron chi connectivity index (χ2n) is 5.14. The van der Waals surface area contributed by atoms with E-state index in [4.69, 9.17) is 5.73 Å². The molecule has 0 aromatic rings. The van der Waals surface area contributed by atoms with Gasteiger partial charge in [-0.25, -0.2) is 0 Å². The Hall–Kier alpha value is -1.92. The van der Waals surface area contributed by atoms with Crippen LogP contribution in [0.2, 0.25) is 0 Å². The van der Waals surface area contributed by atoms with Gasteiger partial charge in [-0.1, -0.05) is 6.92 Å². The molecule has 1 aliphatic rings. The third-order valence-electron chi connectivity index (χ3n) is 3.61. The summed E-state index contributed by atoms with van der Waals surface area (Å²) < 4.78 is 0. The molecule has 0 aromatic heterocycles. The van der Waals surface area contributed by atoms with Crippen molar-refractivity contribution in [3.63, 3.8) is 0 Å². The van der Waals surface area contributed by atoms with E-state index in [1.165, 1.54) is 4.90 Å². The molecule has 1 rings (SSSR count). The highest BCUT2D eigenvalue weighted by molar-refractivity contribution is 5.94. The van der Waals surface area contributed by atoms with Gasteiger partial charge in [0.15, 0.2) is 5.78 Å². The van der Waals surface area contributed by atoms with E-state index in [0.29, 0.717) is 12.8 Å². The number of amides is 3. The number of nitrogens with two attached hydrogens (primary N) is 1. The molecular weight excluding hydrogens is 262 g/mol. The molecule has 0 unspecified atom stereocenters. The Bertz CT molecular complexity index is 422. The van der Waals surface area contributed by atoms with E-state index < -0.39 is 11.9 Å². The summed E-state index contributed by atoms with van der Waals surface area (Å²) in [6.07, 6.45) is 1.08. The normalized spacial score (nSPS) is 20.8. The minimum Gasteiger partial charge on any atom is -0.369 e. The van der Waals surface area contributed by atoms with Crippen LogP contribution in [-0.4, -0.2) is 48.0 Å². The van der Waals surface area contributed by atoms with Crippen molar-refractivity contribution in [2.24, 2.45) is 11.7 Å². The minimum absolute atomic E-state index is 0.0428. The van der Waals surface area contributed by atoms with Gasteiger partial charge in [-0.05, 0) is 12.8 Å². The largest absolute Gasteiger partial charge is 0.369 e. The Labute approximate surface area is 117 Å². The Balaban J connectivity index is 2.56. The fourth-order valence-corrected chi connectivity index (χ4v) is 2.06. The second-order valence-corrected chi connectivity index (χ2v) is 5.14. The van der Waals surface area contributed by atoms with Crippen LogP contribution in [0, 0.1) is 5.92 Å². The van der Waals surface area contributed by atoms with Crippen molar-refractivity contribution in [1.82, 2.24) is 10.2 Å². The lowest BCUT2D eigenvalue weighted by Gasteiger charge is -2.26. The van der Waals surface area contributed by atoms with Crippen molar-refractivity contribution in [3.05, 3.63) is 0 Å². The van der Waals surface area contributed by atoms with Gasteiger partial charge in [-0.3, -0.25) is 19.2 Å². The van der Waals surface area contributed by atoms with Gasteiger partial charge in [0, 0.05) is 25.8 Å². The van der Waals surface area contributed by atoms with Crippen LogP contribution in [0.25, 0.3) is 0 Å². The molecule has 7 nitrogen and oxygen atoms in total. The van der Waals surface area contributed by atoms with Crippen LogP contribution in [-0.2, 0) is 19.2 Å². The highest BCUT2D eigenvalue weighted by Crippen LogP contribution is 2.13. The van der Waals surface area contributed by atoms with Crippen LogP contribution >= 0.6 is 0 Å². The molecule has 7 heteroatoms. The molecule has 1 saturated heterocycles. The molecule has 1 fully saturated rings. The first kappa shape index (κ1) is 16.1. The van der Waals surface area contributed by atoms with Crippen LogP contribution in [0.5, 0.6) is 0 Å². The number of likely N-dealkylation sites (N-methyl/N-ethyl adjacent to an activating group) is 1. The fourth-order valence-electron chi connectivity index (χ4n) is 2.06. The lowest BCUT2D eigenvalue weighted by Crippen LogP contribution is -2.44. The molecule has 20 heavy (non-hydrogen) atoms. The first-order chi connectivity index (χ1) is 9.32. The number of carbonyl (C=O) groups excluding carboxylic acids is 4. The molecule has 1 aliphatic heterocycles. The van der Waals surface area contributed by atoms with E-state index in [1.54, 1.807) is 14.0 Å². The van der Waals surface area contributed by atoms with E-state index in [-0.39, 0.29) is 42.9 Å². The Morgan fingerprint density at radius 1 is 1.45 bits per heavy atom. The van der Waals surface area contributed by atoms with Crippen molar-refractivity contribution in [3.8, 4) is 0 Å². The van der Waals surface area contributed by atoms with E-state index in [2.05, 4.69) is 5.32 Å². The lowest BCUT2D eigenvalue weighted by molar-refractivity contribution is -0.138. The Morgan fingerprint density at radius 3 is 2.70 bits per heavy atom. The molecule has 0 spiro atoms. The maximum Gasteiger partial charge on any atom is 0.222 e. The molecule has 0 bridgehead atoms. The van der Waals surface area contributed by atoms with E-state index >= 15 is 0 Å². The zero-order valence-corrected chi connectivity index (χ0v) is 11.8.